The summed E-state index contributed by atoms with van der Waals surface area (Å²) in [6.45, 7) is 4.55. The van der Waals surface area contributed by atoms with Gasteiger partial charge in [-0.25, -0.2) is 0 Å². The quantitative estimate of drug-likeness (QED) is 0.830. The van der Waals surface area contributed by atoms with E-state index < -0.39 is 0 Å². The number of piperidine rings is 1. The number of fused-ring (bicyclic) bond motifs is 1. The lowest BCUT2D eigenvalue weighted by molar-refractivity contribution is 0.00454. The lowest BCUT2D eigenvalue weighted by Crippen LogP contribution is -2.36. The molecule has 1 aromatic heterocycles. The molecule has 4 heteroatoms. The lowest BCUT2D eigenvalue weighted by atomic mass is 10.1. The summed E-state index contributed by atoms with van der Waals surface area (Å²) >= 11 is 0. The van der Waals surface area contributed by atoms with E-state index in [0.717, 1.165) is 56.8 Å². The first-order chi connectivity index (χ1) is 10.3. The Kier molecular flexibility index (Phi) is 4.91. The molecule has 0 atom stereocenters. The standard InChI is InChI=1S/C17H24N2O2/c18-8-3-11-20-15-6-9-19(10-7-15)13-16-12-14-4-1-2-5-17(14)21-16/h1-2,4-5,12,15H,3,6-11,13,18H2. The summed E-state index contributed by atoms with van der Waals surface area (Å²) in [6.07, 6.45) is 3.57. The van der Waals surface area contributed by atoms with Gasteiger partial charge < -0.3 is 14.9 Å². The molecule has 0 amide bonds. The normalized spacial score (nSPS) is 17.6. The molecule has 114 valence electrons. The zero-order chi connectivity index (χ0) is 14.5. The van der Waals surface area contributed by atoms with Gasteiger partial charge >= 0.3 is 0 Å². The van der Waals surface area contributed by atoms with Crippen molar-refractivity contribution in [2.75, 3.05) is 26.2 Å². The number of benzene rings is 1. The Labute approximate surface area is 125 Å². The van der Waals surface area contributed by atoms with Crippen LogP contribution in [0.25, 0.3) is 11.0 Å². The fourth-order valence-corrected chi connectivity index (χ4v) is 2.90. The first-order valence-electron chi connectivity index (χ1n) is 7.86. The van der Waals surface area contributed by atoms with E-state index in [9.17, 15) is 0 Å². The van der Waals surface area contributed by atoms with Crippen LogP contribution in [-0.4, -0.2) is 37.2 Å². The van der Waals surface area contributed by atoms with Gasteiger partial charge in [0, 0.05) is 25.1 Å². The first kappa shape index (κ1) is 14.6. The molecule has 2 N–H and O–H groups in total. The molecule has 0 unspecified atom stereocenters. The molecular weight excluding hydrogens is 264 g/mol. The summed E-state index contributed by atoms with van der Waals surface area (Å²) in [5.74, 6) is 1.05. The van der Waals surface area contributed by atoms with Gasteiger partial charge in [-0.2, -0.15) is 0 Å². The van der Waals surface area contributed by atoms with Crippen LogP contribution in [0, 0.1) is 0 Å². The highest BCUT2D eigenvalue weighted by Crippen LogP contribution is 2.22. The minimum absolute atomic E-state index is 0.406. The SMILES string of the molecule is NCCCOC1CCN(Cc2cc3ccccc3o2)CC1. The Bertz CT molecular complexity index is 526. The van der Waals surface area contributed by atoms with Crippen molar-refractivity contribution in [3.05, 3.63) is 36.1 Å². The van der Waals surface area contributed by atoms with Gasteiger partial charge in [-0.1, -0.05) is 18.2 Å². The highest BCUT2D eigenvalue weighted by Gasteiger charge is 2.20. The predicted molar refractivity (Wildman–Crippen MR) is 84.1 cm³/mol. The maximum atomic E-state index is 5.89. The fourth-order valence-electron chi connectivity index (χ4n) is 2.90. The molecule has 21 heavy (non-hydrogen) atoms. The molecule has 2 aromatic rings. The van der Waals surface area contributed by atoms with Gasteiger partial charge in [0.1, 0.15) is 11.3 Å². The predicted octanol–water partition coefficient (Wildman–Crippen LogP) is 2.76. The Balaban J connectivity index is 1.48. The number of rotatable bonds is 6. The Hall–Kier alpha value is -1.36. The maximum Gasteiger partial charge on any atom is 0.134 e. The summed E-state index contributed by atoms with van der Waals surface area (Å²) < 4.78 is 11.7. The van der Waals surface area contributed by atoms with E-state index >= 15 is 0 Å². The number of hydrogen-bond donors (Lipinski definition) is 1. The number of nitrogens with zero attached hydrogens (tertiary/aromatic N) is 1. The van der Waals surface area contributed by atoms with Crippen molar-refractivity contribution < 1.29 is 9.15 Å². The number of para-hydroxylation sites is 1. The molecule has 3 rings (SSSR count). The molecule has 0 bridgehead atoms. The smallest absolute Gasteiger partial charge is 0.134 e. The van der Waals surface area contributed by atoms with Crippen LogP contribution >= 0.6 is 0 Å². The molecular formula is C17H24N2O2. The highest BCUT2D eigenvalue weighted by molar-refractivity contribution is 5.77. The van der Waals surface area contributed by atoms with Gasteiger partial charge in [0.05, 0.1) is 12.6 Å². The van der Waals surface area contributed by atoms with Crippen LogP contribution in [0.3, 0.4) is 0 Å². The van der Waals surface area contributed by atoms with Crippen LogP contribution < -0.4 is 5.73 Å². The minimum Gasteiger partial charge on any atom is -0.460 e. The van der Waals surface area contributed by atoms with Crippen LogP contribution in [0.5, 0.6) is 0 Å². The molecule has 1 aliphatic heterocycles. The van der Waals surface area contributed by atoms with E-state index in [1.54, 1.807) is 0 Å². The first-order valence-corrected chi connectivity index (χ1v) is 7.86. The molecule has 1 saturated heterocycles. The molecule has 0 spiro atoms. The van der Waals surface area contributed by atoms with Crippen molar-refractivity contribution in [2.24, 2.45) is 5.73 Å². The van der Waals surface area contributed by atoms with E-state index in [2.05, 4.69) is 17.0 Å². The van der Waals surface area contributed by atoms with Crippen molar-refractivity contribution in [3.63, 3.8) is 0 Å². The summed E-state index contributed by atoms with van der Waals surface area (Å²) in [4.78, 5) is 2.44. The van der Waals surface area contributed by atoms with Gasteiger partial charge in [0.2, 0.25) is 0 Å². The summed E-state index contributed by atoms with van der Waals surface area (Å²) in [7, 11) is 0. The van der Waals surface area contributed by atoms with Crippen LogP contribution in [0.15, 0.2) is 34.7 Å². The number of hydrogen-bond acceptors (Lipinski definition) is 4. The van der Waals surface area contributed by atoms with Crippen LogP contribution in [-0.2, 0) is 11.3 Å². The zero-order valence-electron chi connectivity index (χ0n) is 12.5. The van der Waals surface area contributed by atoms with Crippen molar-refractivity contribution in [1.29, 1.82) is 0 Å². The zero-order valence-corrected chi connectivity index (χ0v) is 12.5. The largest absolute Gasteiger partial charge is 0.460 e. The van der Waals surface area contributed by atoms with E-state index in [4.69, 9.17) is 14.9 Å². The van der Waals surface area contributed by atoms with Crippen molar-refractivity contribution in [3.8, 4) is 0 Å². The number of furan rings is 1. The third-order valence-electron chi connectivity index (χ3n) is 4.09. The topological polar surface area (TPSA) is 51.6 Å². The van der Waals surface area contributed by atoms with Crippen molar-refractivity contribution >= 4 is 11.0 Å². The second-order valence-electron chi connectivity index (χ2n) is 5.74. The molecule has 1 fully saturated rings. The van der Waals surface area contributed by atoms with Crippen molar-refractivity contribution in [1.82, 2.24) is 4.90 Å². The van der Waals surface area contributed by atoms with Crippen LogP contribution in [0.4, 0.5) is 0 Å². The Morgan fingerprint density at radius 2 is 2.05 bits per heavy atom. The average molecular weight is 288 g/mol. The van der Waals surface area contributed by atoms with E-state index in [-0.39, 0.29) is 0 Å². The third-order valence-corrected chi connectivity index (χ3v) is 4.09. The average Bonchev–Trinajstić information content (AvgIpc) is 2.91. The number of ether oxygens (including phenoxy) is 1. The van der Waals surface area contributed by atoms with Gasteiger partial charge in [-0.05, 0) is 37.9 Å². The molecule has 0 radical (unpaired) electrons. The lowest BCUT2D eigenvalue weighted by Gasteiger charge is -2.31. The molecule has 1 aromatic carbocycles. The monoisotopic (exact) mass is 288 g/mol. The summed E-state index contributed by atoms with van der Waals surface area (Å²) in [6, 6.07) is 10.3. The van der Waals surface area contributed by atoms with Gasteiger partial charge in [-0.15, -0.1) is 0 Å². The molecule has 4 nitrogen and oxygen atoms in total. The third kappa shape index (κ3) is 3.84. The van der Waals surface area contributed by atoms with E-state index in [0.29, 0.717) is 12.6 Å². The second-order valence-corrected chi connectivity index (χ2v) is 5.74. The number of nitrogens with two attached hydrogens (primary N) is 1. The van der Waals surface area contributed by atoms with Gasteiger partial charge in [-0.3, -0.25) is 4.90 Å². The second kappa shape index (κ2) is 7.07. The van der Waals surface area contributed by atoms with E-state index in [1.807, 2.05) is 18.2 Å². The van der Waals surface area contributed by atoms with E-state index in [1.165, 1.54) is 5.39 Å². The highest BCUT2D eigenvalue weighted by atomic mass is 16.5. The Morgan fingerprint density at radius 3 is 2.81 bits per heavy atom. The summed E-state index contributed by atoms with van der Waals surface area (Å²) in [5, 5.41) is 1.19. The molecule has 1 aliphatic rings. The molecule has 0 aliphatic carbocycles. The van der Waals surface area contributed by atoms with Crippen LogP contribution in [0.1, 0.15) is 25.0 Å². The number of likely N-dealkylation sites (tertiary alicyclic amines) is 1. The molecule has 0 saturated carbocycles. The van der Waals surface area contributed by atoms with Gasteiger partial charge in [0.15, 0.2) is 0 Å². The fraction of sp³-hybridized carbons (Fsp3) is 0.529. The Morgan fingerprint density at radius 1 is 1.24 bits per heavy atom. The van der Waals surface area contributed by atoms with Crippen molar-refractivity contribution in [2.45, 2.75) is 31.9 Å². The van der Waals surface area contributed by atoms with Crippen LogP contribution in [0.2, 0.25) is 0 Å². The maximum absolute atomic E-state index is 5.89. The molecule has 2 heterocycles. The summed E-state index contributed by atoms with van der Waals surface area (Å²) in [5.41, 5.74) is 6.46. The minimum atomic E-state index is 0.406. The van der Waals surface area contributed by atoms with Gasteiger partial charge in [0.25, 0.3) is 0 Å².